The molecule has 1 atom stereocenters. The lowest BCUT2D eigenvalue weighted by Gasteiger charge is -2.28. The van der Waals surface area contributed by atoms with Gasteiger partial charge in [-0.2, -0.15) is 5.26 Å². The molecule has 1 saturated heterocycles. The van der Waals surface area contributed by atoms with Crippen molar-refractivity contribution < 1.29 is 23.1 Å². The Morgan fingerprint density at radius 2 is 2.00 bits per heavy atom. The van der Waals surface area contributed by atoms with E-state index in [0.717, 1.165) is 34.0 Å². The van der Waals surface area contributed by atoms with Crippen LogP contribution in [0.1, 0.15) is 16.8 Å². The van der Waals surface area contributed by atoms with Crippen LogP contribution in [0.4, 0.5) is 14.5 Å². The third kappa shape index (κ3) is 4.40. The normalized spacial score (nSPS) is 18.3. The van der Waals surface area contributed by atoms with Crippen LogP contribution in [0.3, 0.4) is 0 Å². The summed E-state index contributed by atoms with van der Waals surface area (Å²) in [4.78, 5) is 32.7. The van der Waals surface area contributed by atoms with E-state index in [9.17, 15) is 18.4 Å². The molecule has 3 aromatic rings. The lowest BCUT2D eigenvalue weighted by molar-refractivity contribution is -0.131. The SMILES string of the molecule is CN1CCOc2cc(-c3ccc4nccc(C(=O)NCC(=O)N5CC(F)(F)C[C@H]5C#N)c4c3)ccc21. The monoisotopic (exact) mass is 491 g/mol. The summed E-state index contributed by atoms with van der Waals surface area (Å²) in [5.41, 5.74) is 3.67. The Morgan fingerprint density at radius 3 is 2.81 bits per heavy atom. The number of anilines is 1. The summed E-state index contributed by atoms with van der Waals surface area (Å²) in [7, 11) is 2.01. The van der Waals surface area contributed by atoms with Gasteiger partial charge in [-0.3, -0.25) is 14.6 Å². The number of nitrogens with zero attached hydrogens (tertiary/aromatic N) is 4. The number of benzene rings is 2. The van der Waals surface area contributed by atoms with Crippen LogP contribution in [0.2, 0.25) is 0 Å². The zero-order valence-electron chi connectivity index (χ0n) is 19.5. The number of fused-ring (bicyclic) bond motifs is 2. The average Bonchev–Trinajstić information content (AvgIpc) is 3.21. The molecule has 5 rings (SSSR count). The molecule has 0 saturated carbocycles. The van der Waals surface area contributed by atoms with Crippen molar-refractivity contribution in [2.24, 2.45) is 0 Å². The number of carbonyl (C=O) groups excluding carboxylic acids is 2. The molecule has 1 aromatic heterocycles. The highest BCUT2D eigenvalue weighted by Gasteiger charge is 2.47. The van der Waals surface area contributed by atoms with Crippen LogP contribution >= 0.6 is 0 Å². The number of carbonyl (C=O) groups is 2. The fourth-order valence-electron chi connectivity index (χ4n) is 4.61. The number of likely N-dealkylation sites (tertiary alicyclic amines) is 1. The Morgan fingerprint density at radius 1 is 1.22 bits per heavy atom. The van der Waals surface area contributed by atoms with Crippen molar-refractivity contribution in [3.8, 4) is 22.9 Å². The highest BCUT2D eigenvalue weighted by atomic mass is 19.3. The quantitative estimate of drug-likeness (QED) is 0.602. The number of amides is 2. The molecule has 10 heteroatoms. The Bertz CT molecular complexity index is 1400. The summed E-state index contributed by atoms with van der Waals surface area (Å²) in [5.74, 6) is -3.60. The second kappa shape index (κ2) is 9.07. The first-order valence-corrected chi connectivity index (χ1v) is 11.5. The summed E-state index contributed by atoms with van der Waals surface area (Å²) in [6.45, 7) is 0.0855. The van der Waals surface area contributed by atoms with Crippen molar-refractivity contribution >= 4 is 28.4 Å². The molecule has 2 aromatic carbocycles. The van der Waals surface area contributed by atoms with Crippen LogP contribution in [0.25, 0.3) is 22.0 Å². The number of hydrogen-bond donors (Lipinski definition) is 1. The Balaban J connectivity index is 1.38. The summed E-state index contributed by atoms with van der Waals surface area (Å²) in [6, 6.07) is 13.6. The van der Waals surface area contributed by atoms with Gasteiger partial charge in [0.2, 0.25) is 5.91 Å². The van der Waals surface area contributed by atoms with Gasteiger partial charge in [0.15, 0.2) is 0 Å². The second-order valence-corrected chi connectivity index (χ2v) is 8.95. The molecule has 0 radical (unpaired) electrons. The maximum Gasteiger partial charge on any atom is 0.268 e. The van der Waals surface area contributed by atoms with Crippen LogP contribution in [0.15, 0.2) is 48.7 Å². The first-order chi connectivity index (χ1) is 17.3. The number of rotatable bonds is 4. The van der Waals surface area contributed by atoms with E-state index >= 15 is 0 Å². The van der Waals surface area contributed by atoms with Crippen molar-refractivity contribution in [1.29, 1.82) is 5.26 Å². The summed E-state index contributed by atoms with van der Waals surface area (Å²) in [6.07, 6.45) is 0.791. The Labute approximate surface area is 206 Å². The number of nitriles is 1. The van der Waals surface area contributed by atoms with E-state index < -0.39 is 43.3 Å². The third-order valence-corrected chi connectivity index (χ3v) is 6.51. The second-order valence-electron chi connectivity index (χ2n) is 8.95. The summed E-state index contributed by atoms with van der Waals surface area (Å²) < 4.78 is 33.2. The molecule has 36 heavy (non-hydrogen) atoms. The minimum atomic E-state index is -3.12. The van der Waals surface area contributed by atoms with Crippen LogP contribution in [0.5, 0.6) is 5.75 Å². The van der Waals surface area contributed by atoms with Gasteiger partial charge in [0.25, 0.3) is 11.8 Å². The molecule has 0 aliphatic carbocycles. The van der Waals surface area contributed by atoms with E-state index in [1.54, 1.807) is 12.1 Å². The molecule has 2 aliphatic rings. The molecule has 8 nitrogen and oxygen atoms in total. The highest BCUT2D eigenvalue weighted by molar-refractivity contribution is 6.07. The van der Waals surface area contributed by atoms with Crippen LogP contribution < -0.4 is 15.0 Å². The molecular formula is C26H23F2N5O3. The molecule has 0 unspecified atom stereocenters. The molecular weight excluding hydrogens is 468 g/mol. The minimum Gasteiger partial charge on any atom is -0.490 e. The fourth-order valence-corrected chi connectivity index (χ4v) is 4.61. The average molecular weight is 491 g/mol. The number of likely N-dealkylation sites (N-methyl/N-ethyl adjacent to an activating group) is 1. The number of aromatic nitrogens is 1. The smallest absolute Gasteiger partial charge is 0.268 e. The minimum absolute atomic E-state index is 0.298. The predicted molar refractivity (Wildman–Crippen MR) is 129 cm³/mol. The van der Waals surface area contributed by atoms with Crippen LogP contribution in [0, 0.1) is 11.3 Å². The molecule has 3 heterocycles. The first-order valence-electron chi connectivity index (χ1n) is 11.5. The van der Waals surface area contributed by atoms with Gasteiger partial charge >= 0.3 is 0 Å². The van der Waals surface area contributed by atoms with Gasteiger partial charge in [-0.1, -0.05) is 12.1 Å². The zero-order valence-corrected chi connectivity index (χ0v) is 19.5. The molecule has 1 fully saturated rings. The van der Waals surface area contributed by atoms with Gasteiger partial charge in [-0.25, -0.2) is 8.78 Å². The number of alkyl halides is 2. The third-order valence-electron chi connectivity index (χ3n) is 6.51. The molecule has 184 valence electrons. The van der Waals surface area contributed by atoms with Gasteiger partial charge < -0.3 is 19.9 Å². The lowest BCUT2D eigenvalue weighted by Crippen LogP contribution is -2.43. The fraction of sp³-hybridized carbons (Fsp3) is 0.308. The number of nitrogens with one attached hydrogen (secondary N) is 1. The van der Waals surface area contributed by atoms with Gasteiger partial charge in [-0.15, -0.1) is 0 Å². The number of halogens is 2. The molecule has 0 spiro atoms. The van der Waals surface area contributed by atoms with E-state index in [0.29, 0.717) is 23.1 Å². The first kappa shape index (κ1) is 23.5. The topological polar surface area (TPSA) is 98.6 Å². The largest absolute Gasteiger partial charge is 0.490 e. The van der Waals surface area contributed by atoms with Crippen LogP contribution in [-0.4, -0.2) is 67.0 Å². The summed E-state index contributed by atoms with van der Waals surface area (Å²) in [5, 5.41) is 12.2. The van der Waals surface area contributed by atoms with Gasteiger partial charge in [0.05, 0.1) is 42.5 Å². The predicted octanol–water partition coefficient (Wildman–Crippen LogP) is 3.22. The molecule has 1 N–H and O–H groups in total. The zero-order chi connectivity index (χ0) is 25.4. The highest BCUT2D eigenvalue weighted by Crippen LogP contribution is 2.36. The van der Waals surface area contributed by atoms with Crippen molar-refractivity contribution in [2.45, 2.75) is 18.4 Å². The van der Waals surface area contributed by atoms with E-state index in [1.165, 1.54) is 6.20 Å². The molecule has 0 bridgehead atoms. The maximum absolute atomic E-state index is 13.7. The van der Waals surface area contributed by atoms with Gasteiger partial charge in [-0.05, 0) is 41.5 Å². The summed E-state index contributed by atoms with van der Waals surface area (Å²) >= 11 is 0. The number of pyridine rings is 1. The van der Waals surface area contributed by atoms with E-state index in [4.69, 9.17) is 10.00 Å². The Hall–Kier alpha value is -4.26. The Kier molecular flexibility index (Phi) is 5.92. The molecule has 2 amide bonds. The van der Waals surface area contributed by atoms with E-state index in [2.05, 4.69) is 15.2 Å². The van der Waals surface area contributed by atoms with Crippen molar-refractivity contribution in [3.05, 3.63) is 54.2 Å². The lowest BCUT2D eigenvalue weighted by atomic mass is 9.99. The van der Waals surface area contributed by atoms with E-state index in [-0.39, 0.29) is 0 Å². The van der Waals surface area contributed by atoms with E-state index in [1.807, 2.05) is 43.4 Å². The van der Waals surface area contributed by atoms with Crippen LogP contribution in [-0.2, 0) is 4.79 Å². The van der Waals surface area contributed by atoms with Crippen molar-refractivity contribution in [2.75, 3.05) is 38.2 Å². The number of ether oxygens (including phenoxy) is 1. The van der Waals surface area contributed by atoms with Crippen molar-refractivity contribution in [1.82, 2.24) is 15.2 Å². The maximum atomic E-state index is 13.7. The number of hydrogen-bond acceptors (Lipinski definition) is 6. The van der Waals surface area contributed by atoms with Gasteiger partial charge in [0.1, 0.15) is 18.4 Å². The van der Waals surface area contributed by atoms with Crippen molar-refractivity contribution in [3.63, 3.8) is 0 Å². The molecule has 2 aliphatic heterocycles. The standard InChI is InChI=1S/C26H23F2N5O3/c1-32-8-9-36-23-11-17(3-5-22(23)32)16-2-4-21-20(10-16)19(6-7-30-21)25(35)31-14-24(34)33-15-26(27,28)12-18(33)13-29/h2-7,10-11,18H,8-9,12,14-15H2,1H3,(H,31,35)/t18-/m0/s1. The van der Waals surface area contributed by atoms with Gasteiger partial charge in [0, 0.05) is 25.1 Å².